The lowest BCUT2D eigenvalue weighted by Gasteiger charge is -2.22. The van der Waals surface area contributed by atoms with Crippen LogP contribution < -0.4 is 10.6 Å². The summed E-state index contributed by atoms with van der Waals surface area (Å²) in [6, 6.07) is 20.0. The van der Waals surface area contributed by atoms with Gasteiger partial charge in [-0.1, -0.05) is 41.9 Å². The maximum atomic E-state index is 12.5. The molecular formula is C20H19ClN2O2. The first-order valence-corrected chi connectivity index (χ1v) is 8.42. The highest BCUT2D eigenvalue weighted by Gasteiger charge is 2.22. The van der Waals surface area contributed by atoms with Crippen LogP contribution in [0.25, 0.3) is 0 Å². The first-order chi connectivity index (χ1) is 12.1. The number of hydrogen-bond acceptors (Lipinski definition) is 3. The number of carbonyl (C=O) groups is 1. The maximum Gasteiger partial charge on any atom is 0.241 e. The van der Waals surface area contributed by atoms with Crippen molar-refractivity contribution < 1.29 is 9.21 Å². The smallest absolute Gasteiger partial charge is 0.241 e. The number of hydrogen-bond donors (Lipinski definition) is 2. The summed E-state index contributed by atoms with van der Waals surface area (Å²) in [5.41, 5.74) is 1.74. The first kappa shape index (κ1) is 17.3. The van der Waals surface area contributed by atoms with E-state index in [0.29, 0.717) is 10.7 Å². The van der Waals surface area contributed by atoms with Crippen LogP contribution in [0.15, 0.2) is 77.4 Å². The second kappa shape index (κ2) is 8.01. The highest BCUT2D eigenvalue weighted by molar-refractivity contribution is 6.30. The summed E-state index contributed by atoms with van der Waals surface area (Å²) in [6.07, 6.45) is 1.63. The van der Waals surface area contributed by atoms with Gasteiger partial charge in [0.15, 0.2) is 0 Å². The van der Waals surface area contributed by atoms with Crippen molar-refractivity contribution in [1.29, 1.82) is 0 Å². The van der Waals surface area contributed by atoms with Crippen molar-refractivity contribution in [1.82, 2.24) is 5.32 Å². The van der Waals surface area contributed by atoms with Gasteiger partial charge in [0.2, 0.25) is 5.91 Å². The van der Waals surface area contributed by atoms with Gasteiger partial charge in [0.25, 0.3) is 0 Å². The molecule has 0 fully saturated rings. The van der Waals surface area contributed by atoms with Crippen LogP contribution in [0.2, 0.25) is 5.02 Å². The third-order valence-electron chi connectivity index (χ3n) is 3.88. The fourth-order valence-electron chi connectivity index (χ4n) is 2.55. The monoisotopic (exact) mass is 354 g/mol. The minimum absolute atomic E-state index is 0.130. The Labute approximate surface area is 151 Å². The van der Waals surface area contributed by atoms with Gasteiger partial charge in [-0.15, -0.1) is 0 Å². The number of furan rings is 1. The van der Waals surface area contributed by atoms with Crippen molar-refractivity contribution in [3.63, 3.8) is 0 Å². The highest BCUT2D eigenvalue weighted by Crippen LogP contribution is 2.23. The molecule has 0 aliphatic rings. The Morgan fingerprint density at radius 2 is 1.72 bits per heavy atom. The number of carbonyl (C=O) groups excluding carboxylic acids is 1. The molecule has 2 atom stereocenters. The Kier molecular flexibility index (Phi) is 5.53. The van der Waals surface area contributed by atoms with Crippen molar-refractivity contribution in [2.24, 2.45) is 0 Å². The number of amides is 1. The second-order valence-corrected chi connectivity index (χ2v) is 6.18. The molecule has 0 unspecified atom stereocenters. The van der Waals surface area contributed by atoms with Crippen LogP contribution in [0.5, 0.6) is 0 Å². The minimum atomic E-state index is -0.425. The Morgan fingerprint density at radius 3 is 2.36 bits per heavy atom. The lowest BCUT2D eigenvalue weighted by Crippen LogP contribution is -2.40. The summed E-state index contributed by atoms with van der Waals surface area (Å²) in [5.74, 6) is 0.632. The topological polar surface area (TPSA) is 54.3 Å². The summed E-state index contributed by atoms with van der Waals surface area (Å²) in [7, 11) is 0. The van der Waals surface area contributed by atoms with Crippen molar-refractivity contribution >= 4 is 23.2 Å². The van der Waals surface area contributed by atoms with E-state index in [1.807, 2.05) is 49.4 Å². The Balaban J connectivity index is 1.72. The number of rotatable bonds is 6. The standard InChI is InChI=1S/C20H19ClN2O2/c1-14(20(24)23-17-11-9-16(21)10-12-17)22-19(18-8-5-13-25-18)15-6-3-2-4-7-15/h2-14,19,22H,1H3,(H,23,24)/t14-,19-/m1/s1. The van der Waals surface area contributed by atoms with E-state index in [1.54, 1.807) is 30.5 Å². The molecule has 0 bridgehead atoms. The Morgan fingerprint density at radius 1 is 1.00 bits per heavy atom. The Bertz CT molecular complexity index is 801. The summed E-state index contributed by atoms with van der Waals surface area (Å²) >= 11 is 5.87. The van der Waals surface area contributed by atoms with Crippen LogP contribution in [0.1, 0.15) is 24.3 Å². The van der Waals surface area contributed by atoms with E-state index in [-0.39, 0.29) is 11.9 Å². The first-order valence-electron chi connectivity index (χ1n) is 8.04. The van der Waals surface area contributed by atoms with Gasteiger partial charge in [0.05, 0.1) is 18.3 Å². The molecule has 0 radical (unpaired) electrons. The predicted molar refractivity (Wildman–Crippen MR) is 99.7 cm³/mol. The summed E-state index contributed by atoms with van der Waals surface area (Å²) in [6.45, 7) is 1.82. The third-order valence-corrected chi connectivity index (χ3v) is 4.13. The molecule has 25 heavy (non-hydrogen) atoms. The van der Waals surface area contributed by atoms with Crippen LogP contribution in [-0.4, -0.2) is 11.9 Å². The van der Waals surface area contributed by atoms with Gasteiger partial charge in [-0.05, 0) is 48.9 Å². The van der Waals surface area contributed by atoms with E-state index in [4.69, 9.17) is 16.0 Å². The predicted octanol–water partition coefficient (Wildman–Crippen LogP) is 4.64. The fraction of sp³-hybridized carbons (Fsp3) is 0.150. The van der Waals surface area contributed by atoms with Crippen LogP contribution in [0.3, 0.4) is 0 Å². The zero-order valence-electron chi connectivity index (χ0n) is 13.8. The van der Waals surface area contributed by atoms with Crippen molar-refractivity contribution in [2.75, 3.05) is 5.32 Å². The number of nitrogens with one attached hydrogen (secondary N) is 2. The van der Waals surface area contributed by atoms with Crippen molar-refractivity contribution in [2.45, 2.75) is 19.0 Å². The molecule has 0 aliphatic heterocycles. The number of anilines is 1. The van der Waals surface area contributed by atoms with Gasteiger partial charge in [-0.3, -0.25) is 10.1 Å². The molecule has 1 heterocycles. The SMILES string of the molecule is C[C@@H](N[C@H](c1ccccc1)c1ccco1)C(=O)Nc1ccc(Cl)cc1. The molecule has 128 valence electrons. The molecule has 1 aromatic heterocycles. The van der Waals surface area contributed by atoms with Gasteiger partial charge in [-0.2, -0.15) is 0 Å². The van der Waals surface area contributed by atoms with Gasteiger partial charge in [0, 0.05) is 10.7 Å². The van der Waals surface area contributed by atoms with Crippen LogP contribution in [0.4, 0.5) is 5.69 Å². The molecule has 3 aromatic rings. The van der Waals surface area contributed by atoms with E-state index in [9.17, 15) is 4.79 Å². The highest BCUT2D eigenvalue weighted by atomic mass is 35.5. The Hall–Kier alpha value is -2.56. The molecule has 2 N–H and O–H groups in total. The van der Waals surface area contributed by atoms with E-state index in [1.165, 1.54) is 0 Å². The molecule has 5 heteroatoms. The lowest BCUT2D eigenvalue weighted by atomic mass is 10.0. The minimum Gasteiger partial charge on any atom is -0.467 e. The molecule has 3 rings (SSSR count). The van der Waals surface area contributed by atoms with E-state index in [0.717, 1.165) is 11.3 Å². The largest absolute Gasteiger partial charge is 0.467 e. The van der Waals surface area contributed by atoms with E-state index in [2.05, 4.69) is 10.6 Å². The van der Waals surface area contributed by atoms with E-state index >= 15 is 0 Å². The molecule has 0 saturated heterocycles. The zero-order chi connectivity index (χ0) is 17.6. The van der Waals surface area contributed by atoms with Crippen molar-refractivity contribution in [3.8, 4) is 0 Å². The second-order valence-electron chi connectivity index (χ2n) is 5.74. The number of halogens is 1. The summed E-state index contributed by atoms with van der Waals surface area (Å²) in [4.78, 5) is 12.5. The van der Waals surface area contributed by atoms with E-state index < -0.39 is 6.04 Å². The average Bonchev–Trinajstić information content (AvgIpc) is 3.16. The third kappa shape index (κ3) is 4.50. The molecule has 2 aromatic carbocycles. The average molecular weight is 355 g/mol. The molecule has 4 nitrogen and oxygen atoms in total. The molecular weight excluding hydrogens is 336 g/mol. The van der Waals surface area contributed by atoms with Crippen molar-refractivity contribution in [3.05, 3.63) is 89.3 Å². The normalized spacial score (nSPS) is 13.2. The van der Waals surface area contributed by atoms with Gasteiger partial charge in [0.1, 0.15) is 5.76 Å². The zero-order valence-corrected chi connectivity index (χ0v) is 14.5. The van der Waals surface area contributed by atoms with Crippen LogP contribution in [0, 0.1) is 0 Å². The van der Waals surface area contributed by atoms with Gasteiger partial charge >= 0.3 is 0 Å². The maximum absolute atomic E-state index is 12.5. The van der Waals surface area contributed by atoms with Crippen LogP contribution >= 0.6 is 11.6 Å². The fourth-order valence-corrected chi connectivity index (χ4v) is 2.68. The van der Waals surface area contributed by atoms with Gasteiger partial charge < -0.3 is 9.73 Å². The lowest BCUT2D eigenvalue weighted by molar-refractivity contribution is -0.117. The summed E-state index contributed by atoms with van der Waals surface area (Å²) < 4.78 is 5.55. The molecule has 0 spiro atoms. The van der Waals surface area contributed by atoms with Gasteiger partial charge in [-0.25, -0.2) is 0 Å². The number of benzene rings is 2. The van der Waals surface area contributed by atoms with Crippen LogP contribution in [-0.2, 0) is 4.79 Å². The quantitative estimate of drug-likeness (QED) is 0.678. The molecule has 0 aliphatic carbocycles. The molecule has 0 saturated carbocycles. The summed E-state index contributed by atoms with van der Waals surface area (Å²) in [5, 5.41) is 6.85. The molecule has 1 amide bonds.